The fraction of sp³-hybridized carbons (Fsp3) is 0.412. The van der Waals surface area contributed by atoms with Gasteiger partial charge < -0.3 is 14.3 Å². The van der Waals surface area contributed by atoms with E-state index in [1.165, 1.54) is 13.5 Å². The van der Waals surface area contributed by atoms with Gasteiger partial charge in [-0.3, -0.25) is 4.68 Å². The normalized spacial score (nSPS) is 20.7. The quantitative estimate of drug-likeness (QED) is 0.777. The van der Waals surface area contributed by atoms with Crippen LogP contribution in [0.5, 0.6) is 5.75 Å². The maximum Gasteiger partial charge on any atom is 0.339 e. The molecule has 4 rings (SSSR count). The van der Waals surface area contributed by atoms with Crippen molar-refractivity contribution in [3.05, 3.63) is 36.2 Å². The molecule has 3 aromatic rings. The fourth-order valence-corrected chi connectivity index (χ4v) is 3.54. The molecule has 0 unspecified atom stereocenters. The molecular weight excluding hydrogens is 324 g/mol. The molecule has 1 aliphatic rings. The highest BCUT2D eigenvalue weighted by molar-refractivity contribution is 5.96. The molecule has 0 radical (unpaired) electrons. The van der Waals surface area contributed by atoms with E-state index in [1.807, 2.05) is 10.9 Å². The molecule has 2 aromatic heterocycles. The van der Waals surface area contributed by atoms with Gasteiger partial charge in [-0.05, 0) is 31.7 Å². The summed E-state index contributed by atoms with van der Waals surface area (Å²) in [5.41, 5.74) is 0.885. The van der Waals surface area contributed by atoms with Gasteiger partial charge in [-0.2, -0.15) is 5.10 Å². The lowest BCUT2D eigenvalue weighted by molar-refractivity contribution is 0.0693. The zero-order chi connectivity index (χ0) is 17.4. The van der Waals surface area contributed by atoms with Crippen molar-refractivity contribution in [1.29, 1.82) is 0 Å². The molecule has 1 N–H and O–H groups in total. The van der Waals surface area contributed by atoms with Crippen LogP contribution in [0.3, 0.4) is 0 Å². The number of ether oxygens (including phenoxy) is 1. The van der Waals surface area contributed by atoms with E-state index >= 15 is 0 Å². The van der Waals surface area contributed by atoms with Gasteiger partial charge in [0.2, 0.25) is 12.3 Å². The number of carbonyl (C=O) groups is 1. The monoisotopic (exact) mass is 342 g/mol. The van der Waals surface area contributed by atoms with Crippen molar-refractivity contribution in [2.75, 3.05) is 7.11 Å². The molecule has 2 heterocycles. The van der Waals surface area contributed by atoms with E-state index in [1.54, 1.807) is 12.1 Å². The lowest BCUT2D eigenvalue weighted by Crippen LogP contribution is -2.17. The highest BCUT2D eigenvalue weighted by Gasteiger charge is 2.27. The first kappa shape index (κ1) is 15.6. The third-order valence-electron chi connectivity index (χ3n) is 4.87. The molecule has 1 saturated carbocycles. The average Bonchev–Trinajstić information content (AvgIpc) is 3.29. The number of hydrogen-bond donors (Lipinski definition) is 1. The molecule has 1 aromatic carbocycles. The summed E-state index contributed by atoms with van der Waals surface area (Å²) in [6.45, 7) is 0. The number of benzene rings is 1. The second-order valence-electron chi connectivity index (χ2n) is 6.31. The first-order valence-corrected chi connectivity index (χ1v) is 8.22. The van der Waals surface area contributed by atoms with Crippen molar-refractivity contribution < 1.29 is 19.1 Å². The summed E-state index contributed by atoms with van der Waals surface area (Å²) in [7, 11) is 1.46. The van der Waals surface area contributed by atoms with Gasteiger partial charge in [0.15, 0.2) is 0 Å². The molecule has 130 valence electrons. The van der Waals surface area contributed by atoms with Gasteiger partial charge in [0.25, 0.3) is 0 Å². The standard InChI is InChI=1S/C17H18N4O4/c1-24-15-7-14-11(6-13(15)17(22)23)8-21(20-14)12-4-2-10(3-5-12)16-19-18-9-25-16/h6-10,12H,2-5H2,1H3,(H,22,23). The summed E-state index contributed by atoms with van der Waals surface area (Å²) >= 11 is 0. The summed E-state index contributed by atoms with van der Waals surface area (Å²) in [5.74, 6) is 0.333. The summed E-state index contributed by atoms with van der Waals surface area (Å²) in [5, 5.41) is 22.5. The van der Waals surface area contributed by atoms with Crippen LogP contribution in [0.25, 0.3) is 10.9 Å². The third kappa shape index (κ3) is 2.84. The van der Waals surface area contributed by atoms with E-state index in [2.05, 4.69) is 15.3 Å². The summed E-state index contributed by atoms with van der Waals surface area (Å²) in [6, 6.07) is 3.58. The van der Waals surface area contributed by atoms with Crippen molar-refractivity contribution in [3.63, 3.8) is 0 Å². The zero-order valence-corrected chi connectivity index (χ0v) is 13.8. The number of aromatic nitrogens is 4. The Balaban J connectivity index is 1.57. The van der Waals surface area contributed by atoms with E-state index in [9.17, 15) is 9.90 Å². The van der Waals surface area contributed by atoms with Crippen LogP contribution < -0.4 is 4.74 Å². The van der Waals surface area contributed by atoms with Crippen LogP contribution in [0.15, 0.2) is 29.1 Å². The summed E-state index contributed by atoms with van der Waals surface area (Å²) in [4.78, 5) is 11.4. The smallest absolute Gasteiger partial charge is 0.339 e. The molecule has 0 spiro atoms. The Morgan fingerprint density at radius 2 is 2.12 bits per heavy atom. The van der Waals surface area contributed by atoms with Crippen LogP contribution in [-0.2, 0) is 0 Å². The average molecular weight is 342 g/mol. The van der Waals surface area contributed by atoms with Crippen molar-refractivity contribution in [2.24, 2.45) is 0 Å². The number of rotatable bonds is 4. The van der Waals surface area contributed by atoms with Crippen LogP contribution in [0.4, 0.5) is 0 Å². The molecular formula is C17H18N4O4. The lowest BCUT2D eigenvalue weighted by Gasteiger charge is -2.26. The predicted octanol–water partition coefficient (Wildman–Crippen LogP) is 3.03. The molecule has 1 fully saturated rings. The Morgan fingerprint density at radius 3 is 2.76 bits per heavy atom. The largest absolute Gasteiger partial charge is 0.496 e. The van der Waals surface area contributed by atoms with E-state index in [-0.39, 0.29) is 11.6 Å². The summed E-state index contributed by atoms with van der Waals surface area (Å²) in [6.07, 6.45) is 7.14. The van der Waals surface area contributed by atoms with Gasteiger partial charge in [0, 0.05) is 23.6 Å². The Hall–Kier alpha value is -2.90. The number of aromatic carboxylic acids is 1. The summed E-state index contributed by atoms with van der Waals surface area (Å²) < 4.78 is 12.4. The minimum absolute atomic E-state index is 0.148. The highest BCUT2D eigenvalue weighted by Crippen LogP contribution is 2.37. The second kappa shape index (κ2) is 6.19. The van der Waals surface area contributed by atoms with Crippen LogP contribution in [-0.4, -0.2) is 38.2 Å². The van der Waals surface area contributed by atoms with Crippen molar-refractivity contribution in [1.82, 2.24) is 20.0 Å². The minimum Gasteiger partial charge on any atom is -0.496 e. The molecule has 0 atom stereocenters. The molecule has 0 aliphatic heterocycles. The van der Waals surface area contributed by atoms with Crippen LogP contribution in [0.2, 0.25) is 0 Å². The Morgan fingerprint density at radius 1 is 1.32 bits per heavy atom. The van der Waals surface area contributed by atoms with Crippen molar-refractivity contribution in [3.8, 4) is 5.75 Å². The highest BCUT2D eigenvalue weighted by atomic mass is 16.5. The van der Waals surface area contributed by atoms with Crippen molar-refractivity contribution in [2.45, 2.75) is 37.6 Å². The molecule has 0 saturated heterocycles. The number of fused-ring (bicyclic) bond motifs is 1. The maximum atomic E-state index is 11.4. The lowest BCUT2D eigenvalue weighted by atomic mass is 9.86. The number of carboxylic acid groups (broad SMARTS) is 1. The topological polar surface area (TPSA) is 103 Å². The van der Waals surface area contributed by atoms with Gasteiger partial charge in [-0.15, -0.1) is 10.2 Å². The number of nitrogens with zero attached hydrogens (tertiary/aromatic N) is 4. The number of hydrogen-bond acceptors (Lipinski definition) is 6. The van der Waals surface area contributed by atoms with Crippen LogP contribution in [0.1, 0.15) is 53.9 Å². The third-order valence-corrected chi connectivity index (χ3v) is 4.87. The van der Waals surface area contributed by atoms with Crippen molar-refractivity contribution >= 4 is 16.9 Å². The van der Waals surface area contributed by atoms with E-state index < -0.39 is 5.97 Å². The molecule has 1 aliphatic carbocycles. The second-order valence-corrected chi connectivity index (χ2v) is 6.31. The molecule has 0 bridgehead atoms. The van der Waals surface area contributed by atoms with Gasteiger partial charge in [0.1, 0.15) is 11.3 Å². The molecule has 8 heteroatoms. The molecule has 8 nitrogen and oxygen atoms in total. The number of carboxylic acids is 1. The molecule has 25 heavy (non-hydrogen) atoms. The SMILES string of the molecule is COc1cc2nn(C3CCC(c4nnco4)CC3)cc2cc1C(=O)O. The number of methoxy groups -OCH3 is 1. The van der Waals surface area contributed by atoms with Crippen LogP contribution >= 0.6 is 0 Å². The van der Waals surface area contributed by atoms with Gasteiger partial charge in [-0.25, -0.2) is 4.79 Å². The first-order valence-electron chi connectivity index (χ1n) is 8.22. The fourth-order valence-electron chi connectivity index (χ4n) is 3.54. The van der Waals surface area contributed by atoms with E-state index in [4.69, 9.17) is 9.15 Å². The predicted molar refractivity (Wildman–Crippen MR) is 87.8 cm³/mol. The zero-order valence-electron chi connectivity index (χ0n) is 13.8. The van der Waals surface area contributed by atoms with Gasteiger partial charge in [0.05, 0.1) is 18.7 Å². The Bertz CT molecular complexity index is 895. The van der Waals surface area contributed by atoms with E-state index in [0.717, 1.165) is 36.6 Å². The molecule has 0 amide bonds. The Labute approximate surface area is 143 Å². The first-order chi connectivity index (χ1) is 12.2. The van der Waals surface area contributed by atoms with Gasteiger partial charge >= 0.3 is 5.97 Å². The van der Waals surface area contributed by atoms with Gasteiger partial charge in [-0.1, -0.05) is 0 Å². The minimum atomic E-state index is -1.01. The van der Waals surface area contributed by atoms with Crippen LogP contribution in [0, 0.1) is 0 Å². The maximum absolute atomic E-state index is 11.4. The Kier molecular flexibility index (Phi) is 3.87. The van der Waals surface area contributed by atoms with E-state index in [0.29, 0.717) is 17.6 Å².